The van der Waals surface area contributed by atoms with Crippen LogP contribution in [0.25, 0.3) is 0 Å². The summed E-state index contributed by atoms with van der Waals surface area (Å²) in [5, 5.41) is 0. The molecule has 20 heavy (non-hydrogen) atoms. The molecule has 106 valence electrons. The van der Waals surface area contributed by atoms with Crippen LogP contribution in [0.15, 0.2) is 46.9 Å². The topological polar surface area (TPSA) is 44.5 Å². The summed E-state index contributed by atoms with van der Waals surface area (Å²) in [4.78, 5) is 0. The molecule has 0 bridgehead atoms. The van der Waals surface area contributed by atoms with Crippen molar-refractivity contribution >= 4 is 15.9 Å². The maximum absolute atomic E-state index is 5.82. The SMILES string of the molecule is CCCOc1ccc(Oc2cc(Br)cc(CN)c2)cc1. The van der Waals surface area contributed by atoms with E-state index < -0.39 is 0 Å². The number of rotatable bonds is 6. The van der Waals surface area contributed by atoms with Crippen LogP contribution < -0.4 is 15.2 Å². The number of benzene rings is 2. The van der Waals surface area contributed by atoms with Gasteiger partial charge in [0.15, 0.2) is 0 Å². The van der Waals surface area contributed by atoms with E-state index in [0.29, 0.717) is 6.54 Å². The molecule has 0 aliphatic rings. The molecule has 3 nitrogen and oxygen atoms in total. The lowest BCUT2D eigenvalue weighted by atomic mass is 10.2. The van der Waals surface area contributed by atoms with E-state index in [9.17, 15) is 0 Å². The minimum absolute atomic E-state index is 0.486. The van der Waals surface area contributed by atoms with E-state index in [0.717, 1.165) is 40.3 Å². The van der Waals surface area contributed by atoms with Crippen molar-refractivity contribution < 1.29 is 9.47 Å². The molecule has 4 heteroatoms. The summed E-state index contributed by atoms with van der Waals surface area (Å²) in [5.74, 6) is 2.40. The molecular formula is C16H18BrNO2. The minimum atomic E-state index is 0.486. The Morgan fingerprint density at radius 2 is 1.70 bits per heavy atom. The second-order valence-corrected chi connectivity index (χ2v) is 5.34. The molecule has 0 heterocycles. The summed E-state index contributed by atoms with van der Waals surface area (Å²) in [6, 6.07) is 13.4. The molecule has 2 aromatic carbocycles. The van der Waals surface area contributed by atoms with Gasteiger partial charge in [-0.15, -0.1) is 0 Å². The molecule has 0 aliphatic heterocycles. The quantitative estimate of drug-likeness (QED) is 0.845. The van der Waals surface area contributed by atoms with Crippen molar-refractivity contribution in [3.63, 3.8) is 0 Å². The fourth-order valence-electron chi connectivity index (χ4n) is 1.76. The molecule has 0 spiro atoms. The predicted molar refractivity (Wildman–Crippen MR) is 84.3 cm³/mol. The first-order valence-corrected chi connectivity index (χ1v) is 7.41. The molecule has 0 unspecified atom stereocenters. The van der Waals surface area contributed by atoms with Crippen LogP contribution >= 0.6 is 15.9 Å². The monoisotopic (exact) mass is 335 g/mol. The second-order valence-electron chi connectivity index (χ2n) is 4.42. The lowest BCUT2D eigenvalue weighted by molar-refractivity contribution is 0.317. The van der Waals surface area contributed by atoms with Crippen LogP contribution in [0.1, 0.15) is 18.9 Å². The maximum Gasteiger partial charge on any atom is 0.128 e. The average Bonchev–Trinajstić information content (AvgIpc) is 2.46. The summed E-state index contributed by atoms with van der Waals surface area (Å²) in [6.07, 6.45) is 0.998. The van der Waals surface area contributed by atoms with Gasteiger partial charge in [0, 0.05) is 11.0 Å². The lowest BCUT2D eigenvalue weighted by Crippen LogP contribution is -1.97. The van der Waals surface area contributed by atoms with E-state index in [4.69, 9.17) is 15.2 Å². The van der Waals surface area contributed by atoms with Crippen molar-refractivity contribution in [2.24, 2.45) is 5.73 Å². The smallest absolute Gasteiger partial charge is 0.128 e. The van der Waals surface area contributed by atoms with Crippen LogP contribution in [0.4, 0.5) is 0 Å². The van der Waals surface area contributed by atoms with Crippen LogP contribution in [-0.4, -0.2) is 6.61 Å². The fourth-order valence-corrected chi connectivity index (χ4v) is 2.28. The molecule has 0 aromatic heterocycles. The van der Waals surface area contributed by atoms with Gasteiger partial charge in [0.1, 0.15) is 17.2 Å². The first-order chi connectivity index (χ1) is 9.71. The molecule has 2 N–H and O–H groups in total. The lowest BCUT2D eigenvalue weighted by Gasteiger charge is -2.09. The summed E-state index contributed by atoms with van der Waals surface area (Å²) in [5.41, 5.74) is 6.68. The van der Waals surface area contributed by atoms with Crippen molar-refractivity contribution in [2.45, 2.75) is 19.9 Å². The van der Waals surface area contributed by atoms with Gasteiger partial charge in [0.25, 0.3) is 0 Å². The highest BCUT2D eigenvalue weighted by Gasteiger charge is 2.02. The zero-order valence-electron chi connectivity index (χ0n) is 11.4. The van der Waals surface area contributed by atoms with Gasteiger partial charge in [-0.25, -0.2) is 0 Å². The highest BCUT2D eigenvalue weighted by Crippen LogP contribution is 2.27. The van der Waals surface area contributed by atoms with Gasteiger partial charge in [-0.3, -0.25) is 0 Å². The zero-order chi connectivity index (χ0) is 14.4. The number of hydrogen-bond acceptors (Lipinski definition) is 3. The first kappa shape index (κ1) is 14.9. The van der Waals surface area contributed by atoms with Gasteiger partial charge in [-0.05, 0) is 54.4 Å². The van der Waals surface area contributed by atoms with Crippen LogP contribution in [0.2, 0.25) is 0 Å². The average molecular weight is 336 g/mol. The molecule has 0 radical (unpaired) electrons. The Morgan fingerprint density at radius 3 is 2.35 bits per heavy atom. The van der Waals surface area contributed by atoms with Gasteiger partial charge in [-0.2, -0.15) is 0 Å². The third kappa shape index (κ3) is 4.25. The predicted octanol–water partition coefficient (Wildman–Crippen LogP) is 4.49. The summed E-state index contributed by atoms with van der Waals surface area (Å²) >= 11 is 3.45. The molecule has 0 aliphatic carbocycles. The first-order valence-electron chi connectivity index (χ1n) is 6.61. The number of nitrogens with two attached hydrogens (primary N) is 1. The van der Waals surface area contributed by atoms with Crippen molar-refractivity contribution in [3.05, 3.63) is 52.5 Å². The number of hydrogen-bond donors (Lipinski definition) is 1. The Hall–Kier alpha value is -1.52. The Morgan fingerprint density at radius 1 is 1.00 bits per heavy atom. The zero-order valence-corrected chi connectivity index (χ0v) is 13.0. The molecule has 0 fully saturated rings. The van der Waals surface area contributed by atoms with Gasteiger partial charge in [0.2, 0.25) is 0 Å². The molecular weight excluding hydrogens is 318 g/mol. The molecule has 0 saturated heterocycles. The highest BCUT2D eigenvalue weighted by atomic mass is 79.9. The fraction of sp³-hybridized carbons (Fsp3) is 0.250. The third-order valence-electron chi connectivity index (χ3n) is 2.70. The number of ether oxygens (including phenoxy) is 2. The van der Waals surface area contributed by atoms with Crippen LogP contribution in [0.5, 0.6) is 17.2 Å². The van der Waals surface area contributed by atoms with Crippen molar-refractivity contribution in [2.75, 3.05) is 6.61 Å². The normalized spacial score (nSPS) is 10.3. The Kier molecular flexibility index (Phi) is 5.44. The van der Waals surface area contributed by atoms with Gasteiger partial charge in [-0.1, -0.05) is 22.9 Å². The van der Waals surface area contributed by atoms with E-state index in [1.54, 1.807) is 0 Å². The van der Waals surface area contributed by atoms with Crippen molar-refractivity contribution in [3.8, 4) is 17.2 Å². The summed E-state index contributed by atoms with van der Waals surface area (Å²) in [7, 11) is 0. The third-order valence-corrected chi connectivity index (χ3v) is 3.16. The van der Waals surface area contributed by atoms with E-state index in [1.165, 1.54) is 0 Å². The molecule has 0 atom stereocenters. The van der Waals surface area contributed by atoms with Gasteiger partial charge in [0.05, 0.1) is 6.61 Å². The number of halogens is 1. The van der Waals surface area contributed by atoms with Crippen molar-refractivity contribution in [1.29, 1.82) is 0 Å². The summed E-state index contributed by atoms with van der Waals surface area (Å²) in [6.45, 7) is 3.30. The van der Waals surface area contributed by atoms with E-state index >= 15 is 0 Å². The highest BCUT2D eigenvalue weighted by molar-refractivity contribution is 9.10. The Balaban J connectivity index is 2.07. The van der Waals surface area contributed by atoms with E-state index in [2.05, 4.69) is 22.9 Å². The largest absolute Gasteiger partial charge is 0.494 e. The molecule has 0 amide bonds. The van der Waals surface area contributed by atoms with Gasteiger partial charge >= 0.3 is 0 Å². The van der Waals surface area contributed by atoms with Crippen LogP contribution in [0.3, 0.4) is 0 Å². The Bertz CT molecular complexity index is 555. The minimum Gasteiger partial charge on any atom is -0.494 e. The standard InChI is InChI=1S/C16H18BrNO2/c1-2-7-19-14-3-5-15(6-4-14)20-16-9-12(11-18)8-13(17)10-16/h3-6,8-10H,2,7,11,18H2,1H3. The van der Waals surface area contributed by atoms with E-state index in [1.807, 2.05) is 42.5 Å². The van der Waals surface area contributed by atoms with E-state index in [-0.39, 0.29) is 0 Å². The maximum atomic E-state index is 5.82. The second kappa shape index (κ2) is 7.31. The van der Waals surface area contributed by atoms with Gasteiger partial charge < -0.3 is 15.2 Å². The van der Waals surface area contributed by atoms with Crippen LogP contribution in [-0.2, 0) is 6.54 Å². The van der Waals surface area contributed by atoms with Crippen molar-refractivity contribution in [1.82, 2.24) is 0 Å². The molecule has 2 rings (SSSR count). The summed E-state index contributed by atoms with van der Waals surface area (Å²) < 4.78 is 12.3. The molecule has 2 aromatic rings. The Labute approximate surface area is 127 Å². The molecule has 0 saturated carbocycles. The van der Waals surface area contributed by atoms with Crippen LogP contribution in [0, 0.1) is 0 Å².